The van der Waals surface area contributed by atoms with E-state index in [0.29, 0.717) is 5.56 Å². The fraction of sp³-hybridized carbons (Fsp3) is 0. The van der Waals surface area contributed by atoms with Crippen LogP contribution in [0.25, 0.3) is 0 Å². The molecule has 0 aliphatic rings. The highest BCUT2D eigenvalue weighted by molar-refractivity contribution is 9.10. The Morgan fingerprint density at radius 1 is 0.889 bits per heavy atom. The van der Waals surface area contributed by atoms with Crippen molar-refractivity contribution in [1.82, 2.24) is 0 Å². The van der Waals surface area contributed by atoms with Crippen LogP contribution in [0.3, 0.4) is 0 Å². The molecule has 0 heterocycles. The van der Waals surface area contributed by atoms with Gasteiger partial charge in [-0.15, -0.1) is 0 Å². The Bertz CT molecular complexity index is 574. The van der Waals surface area contributed by atoms with E-state index in [1.807, 2.05) is 36.4 Å². The summed E-state index contributed by atoms with van der Waals surface area (Å²) < 4.78 is 1.94. The van der Waals surface area contributed by atoms with E-state index >= 15 is 0 Å². The van der Waals surface area contributed by atoms with Crippen LogP contribution < -0.4 is 0 Å². The van der Waals surface area contributed by atoms with Gasteiger partial charge in [-0.3, -0.25) is 4.79 Å². The van der Waals surface area contributed by atoms with Gasteiger partial charge in [-0.2, -0.15) is 0 Å². The van der Waals surface area contributed by atoms with Crippen molar-refractivity contribution in [2.24, 2.45) is 4.99 Å². The SMILES string of the molecule is O=C(/N=C/c1ccc(Br)cc1)c1ccc(Br)cc1. The maximum absolute atomic E-state index is 11.8. The second kappa shape index (κ2) is 6.07. The lowest BCUT2D eigenvalue weighted by molar-refractivity contribution is 0.100. The van der Waals surface area contributed by atoms with E-state index in [2.05, 4.69) is 36.9 Å². The topological polar surface area (TPSA) is 29.4 Å². The van der Waals surface area contributed by atoms with Crippen LogP contribution in [0, 0.1) is 0 Å². The molecule has 4 heteroatoms. The fourth-order valence-electron chi connectivity index (χ4n) is 1.35. The van der Waals surface area contributed by atoms with Crippen LogP contribution in [0.1, 0.15) is 15.9 Å². The average molecular weight is 367 g/mol. The number of halogens is 2. The third-order valence-corrected chi connectivity index (χ3v) is 3.35. The monoisotopic (exact) mass is 365 g/mol. The maximum Gasteiger partial charge on any atom is 0.276 e. The Kier molecular flexibility index (Phi) is 4.44. The summed E-state index contributed by atoms with van der Waals surface area (Å²) in [6.45, 7) is 0. The molecule has 0 spiro atoms. The van der Waals surface area contributed by atoms with E-state index in [9.17, 15) is 4.79 Å². The van der Waals surface area contributed by atoms with Crippen LogP contribution in [-0.2, 0) is 0 Å². The van der Waals surface area contributed by atoms with E-state index in [1.54, 1.807) is 18.3 Å². The Morgan fingerprint density at radius 2 is 1.39 bits per heavy atom. The summed E-state index contributed by atoms with van der Waals surface area (Å²) in [4.78, 5) is 15.7. The van der Waals surface area contributed by atoms with E-state index in [0.717, 1.165) is 14.5 Å². The van der Waals surface area contributed by atoms with Gasteiger partial charge in [0, 0.05) is 20.7 Å². The number of carbonyl (C=O) groups excluding carboxylic acids is 1. The van der Waals surface area contributed by atoms with E-state index in [-0.39, 0.29) is 5.91 Å². The normalized spacial score (nSPS) is 10.8. The van der Waals surface area contributed by atoms with Gasteiger partial charge in [0.05, 0.1) is 0 Å². The predicted molar refractivity (Wildman–Crippen MR) is 80.2 cm³/mol. The molecule has 0 saturated heterocycles. The summed E-state index contributed by atoms with van der Waals surface area (Å²) in [5.41, 5.74) is 1.47. The summed E-state index contributed by atoms with van der Waals surface area (Å²) in [5, 5.41) is 0. The molecule has 2 aromatic carbocycles. The lowest BCUT2D eigenvalue weighted by atomic mass is 10.2. The van der Waals surface area contributed by atoms with Gasteiger partial charge in [0.15, 0.2) is 0 Å². The van der Waals surface area contributed by atoms with Gasteiger partial charge < -0.3 is 0 Å². The number of rotatable bonds is 2. The van der Waals surface area contributed by atoms with Gasteiger partial charge >= 0.3 is 0 Å². The number of aliphatic imine (C=N–C) groups is 1. The highest BCUT2D eigenvalue weighted by Gasteiger charge is 2.02. The van der Waals surface area contributed by atoms with Crippen LogP contribution in [0.15, 0.2) is 62.5 Å². The van der Waals surface area contributed by atoms with Gasteiger partial charge in [-0.05, 0) is 42.0 Å². The van der Waals surface area contributed by atoms with Gasteiger partial charge in [-0.25, -0.2) is 4.99 Å². The van der Waals surface area contributed by atoms with E-state index < -0.39 is 0 Å². The molecule has 0 unspecified atom stereocenters. The maximum atomic E-state index is 11.8. The zero-order valence-corrected chi connectivity index (χ0v) is 12.5. The molecular weight excluding hydrogens is 358 g/mol. The quantitative estimate of drug-likeness (QED) is 0.721. The zero-order valence-electron chi connectivity index (χ0n) is 9.31. The Morgan fingerprint density at radius 3 is 1.94 bits per heavy atom. The smallest absolute Gasteiger partial charge is 0.267 e. The van der Waals surface area contributed by atoms with Gasteiger partial charge in [0.1, 0.15) is 0 Å². The first-order chi connectivity index (χ1) is 8.65. The summed E-state index contributed by atoms with van der Waals surface area (Å²) >= 11 is 6.68. The minimum Gasteiger partial charge on any atom is -0.267 e. The van der Waals surface area contributed by atoms with Gasteiger partial charge in [0.25, 0.3) is 5.91 Å². The minimum atomic E-state index is -0.245. The molecule has 0 atom stereocenters. The molecule has 0 radical (unpaired) electrons. The van der Waals surface area contributed by atoms with E-state index in [4.69, 9.17) is 0 Å². The summed E-state index contributed by atoms with van der Waals surface area (Å²) in [6, 6.07) is 14.7. The molecule has 0 saturated carbocycles. The predicted octanol–water partition coefficient (Wildman–Crippen LogP) is 4.47. The van der Waals surface area contributed by atoms with Crippen LogP contribution >= 0.6 is 31.9 Å². The Labute approximate surface area is 122 Å². The number of amides is 1. The molecule has 2 aromatic rings. The largest absolute Gasteiger partial charge is 0.276 e. The number of hydrogen-bond acceptors (Lipinski definition) is 1. The molecule has 18 heavy (non-hydrogen) atoms. The molecule has 90 valence electrons. The average Bonchev–Trinajstić information content (AvgIpc) is 2.38. The summed E-state index contributed by atoms with van der Waals surface area (Å²) in [6.07, 6.45) is 1.57. The van der Waals surface area contributed by atoms with Crippen molar-refractivity contribution in [3.8, 4) is 0 Å². The van der Waals surface area contributed by atoms with Crippen molar-refractivity contribution in [2.45, 2.75) is 0 Å². The molecule has 0 N–H and O–H groups in total. The second-order valence-electron chi connectivity index (χ2n) is 3.62. The first kappa shape index (κ1) is 13.2. The Hall–Kier alpha value is -1.26. The second-order valence-corrected chi connectivity index (χ2v) is 5.45. The standard InChI is InChI=1S/C14H9Br2NO/c15-12-5-1-10(2-6-12)9-17-14(18)11-3-7-13(16)8-4-11/h1-9H/b17-9+. The van der Waals surface area contributed by atoms with Gasteiger partial charge in [0.2, 0.25) is 0 Å². The lowest BCUT2D eigenvalue weighted by Gasteiger charge is -1.96. The summed E-state index contributed by atoms with van der Waals surface area (Å²) in [5.74, 6) is -0.245. The molecule has 0 bridgehead atoms. The molecule has 2 nitrogen and oxygen atoms in total. The summed E-state index contributed by atoms with van der Waals surface area (Å²) in [7, 11) is 0. The first-order valence-electron chi connectivity index (χ1n) is 5.25. The zero-order chi connectivity index (χ0) is 13.0. The van der Waals surface area contributed by atoms with Crippen LogP contribution in [0.5, 0.6) is 0 Å². The van der Waals surface area contributed by atoms with Crippen molar-refractivity contribution >= 4 is 44.0 Å². The Balaban J connectivity index is 2.11. The fourth-order valence-corrected chi connectivity index (χ4v) is 1.88. The molecule has 1 amide bonds. The van der Waals surface area contributed by atoms with Crippen molar-refractivity contribution in [3.63, 3.8) is 0 Å². The van der Waals surface area contributed by atoms with Crippen molar-refractivity contribution < 1.29 is 4.79 Å². The molecule has 0 fully saturated rings. The van der Waals surface area contributed by atoms with Crippen molar-refractivity contribution in [3.05, 3.63) is 68.6 Å². The lowest BCUT2D eigenvalue weighted by Crippen LogP contribution is -1.95. The highest BCUT2D eigenvalue weighted by atomic mass is 79.9. The van der Waals surface area contributed by atoms with Crippen molar-refractivity contribution in [2.75, 3.05) is 0 Å². The number of carbonyl (C=O) groups is 1. The van der Waals surface area contributed by atoms with Crippen LogP contribution in [0.2, 0.25) is 0 Å². The number of nitrogens with zero attached hydrogens (tertiary/aromatic N) is 1. The number of hydrogen-bond donors (Lipinski definition) is 0. The highest BCUT2D eigenvalue weighted by Crippen LogP contribution is 2.12. The molecule has 0 aliphatic carbocycles. The molecular formula is C14H9Br2NO. The number of benzene rings is 2. The van der Waals surface area contributed by atoms with Crippen molar-refractivity contribution in [1.29, 1.82) is 0 Å². The minimum absolute atomic E-state index is 0.245. The third kappa shape index (κ3) is 3.62. The third-order valence-electron chi connectivity index (χ3n) is 2.29. The molecule has 2 rings (SSSR count). The van der Waals surface area contributed by atoms with Gasteiger partial charge in [-0.1, -0.05) is 44.0 Å². The first-order valence-corrected chi connectivity index (χ1v) is 6.83. The molecule has 0 aliphatic heterocycles. The molecule has 0 aromatic heterocycles. The van der Waals surface area contributed by atoms with Crippen LogP contribution in [0.4, 0.5) is 0 Å². The van der Waals surface area contributed by atoms with E-state index in [1.165, 1.54) is 0 Å². The van der Waals surface area contributed by atoms with Crippen LogP contribution in [-0.4, -0.2) is 12.1 Å².